The molecular weight excluding hydrogens is 399 g/mol. The highest BCUT2D eigenvalue weighted by atomic mass is 19.1. The Hall–Kier alpha value is -4.00. The molecule has 0 saturated heterocycles. The van der Waals surface area contributed by atoms with Gasteiger partial charge in [0.25, 0.3) is 5.56 Å². The molecule has 1 fully saturated rings. The molecule has 3 atom stereocenters. The fraction of sp³-hybridized carbons (Fsp3) is 0.286. The number of H-pyrrole nitrogens is 1. The number of hydrogen-bond acceptors (Lipinski definition) is 7. The Bertz CT molecular complexity index is 1370. The summed E-state index contributed by atoms with van der Waals surface area (Å²) in [5, 5.41) is 13.9. The molecule has 1 aliphatic rings. The van der Waals surface area contributed by atoms with E-state index in [1.807, 2.05) is 6.07 Å². The summed E-state index contributed by atoms with van der Waals surface area (Å²) < 4.78 is 15.2. The molecule has 3 unspecified atom stereocenters. The van der Waals surface area contributed by atoms with Gasteiger partial charge in [-0.25, -0.2) is 24.0 Å². The number of aromatic nitrogens is 7. The third kappa shape index (κ3) is 3.15. The normalized spacial score (nSPS) is 19.0. The molecule has 1 N–H and O–H groups in total. The number of nitrogens with zero attached hydrogens (tertiary/aromatic N) is 7. The zero-order valence-corrected chi connectivity index (χ0v) is 16.5. The summed E-state index contributed by atoms with van der Waals surface area (Å²) in [4.78, 5) is 33.0. The molecule has 10 heteroatoms. The van der Waals surface area contributed by atoms with E-state index < -0.39 is 17.4 Å². The summed E-state index contributed by atoms with van der Waals surface area (Å²) in [6, 6.07) is 4.58. The van der Waals surface area contributed by atoms with E-state index in [0.29, 0.717) is 17.2 Å². The van der Waals surface area contributed by atoms with Crippen LogP contribution in [-0.2, 0) is 0 Å². The van der Waals surface area contributed by atoms with Gasteiger partial charge in [-0.1, -0.05) is 0 Å². The lowest BCUT2D eigenvalue weighted by Gasteiger charge is -2.34. The van der Waals surface area contributed by atoms with Crippen LogP contribution in [-0.4, -0.2) is 34.7 Å². The molecule has 1 aliphatic carbocycles. The molecule has 9 nitrogen and oxygen atoms in total. The number of nitrogens with one attached hydrogen (secondary N) is 1. The minimum absolute atomic E-state index is 0.0249. The van der Waals surface area contributed by atoms with Crippen LogP contribution in [0.4, 0.5) is 4.39 Å². The van der Waals surface area contributed by atoms with Crippen molar-refractivity contribution in [2.75, 3.05) is 0 Å². The smallest absolute Gasteiger partial charge is 0.263 e. The summed E-state index contributed by atoms with van der Waals surface area (Å²) in [6.07, 6.45) is 7.75. The van der Waals surface area contributed by atoms with Crippen LogP contribution in [0.15, 0.2) is 41.7 Å². The van der Waals surface area contributed by atoms with Gasteiger partial charge < -0.3 is 4.98 Å². The van der Waals surface area contributed by atoms with Crippen LogP contribution >= 0.6 is 0 Å². The van der Waals surface area contributed by atoms with Crippen LogP contribution < -0.4 is 5.56 Å². The Morgan fingerprint density at radius 3 is 2.71 bits per heavy atom. The molecular formula is C21H17FN8O. The molecule has 0 amide bonds. The first-order chi connectivity index (χ1) is 15.1. The molecule has 0 bridgehead atoms. The molecule has 0 radical (unpaired) electrons. The third-order valence-corrected chi connectivity index (χ3v) is 5.80. The maximum Gasteiger partial charge on any atom is 0.263 e. The highest BCUT2D eigenvalue weighted by Gasteiger charge is 2.37. The maximum atomic E-state index is 13.7. The van der Waals surface area contributed by atoms with Crippen LogP contribution in [0.25, 0.3) is 11.0 Å². The molecule has 1 saturated carbocycles. The van der Waals surface area contributed by atoms with Crippen molar-refractivity contribution in [3.05, 3.63) is 76.0 Å². The van der Waals surface area contributed by atoms with Gasteiger partial charge in [-0.05, 0) is 37.5 Å². The number of fused-ring (bicyclic) bond motifs is 1. The predicted octanol–water partition coefficient (Wildman–Crippen LogP) is 2.59. The van der Waals surface area contributed by atoms with Gasteiger partial charge in [0.05, 0.1) is 12.2 Å². The van der Waals surface area contributed by atoms with Gasteiger partial charge >= 0.3 is 0 Å². The van der Waals surface area contributed by atoms with Crippen LogP contribution in [0.2, 0.25) is 0 Å². The Morgan fingerprint density at radius 1 is 1.26 bits per heavy atom. The monoisotopic (exact) mass is 416 g/mol. The lowest BCUT2D eigenvalue weighted by atomic mass is 9.72. The van der Waals surface area contributed by atoms with Crippen molar-refractivity contribution in [1.82, 2.24) is 34.7 Å². The second kappa shape index (κ2) is 7.36. The van der Waals surface area contributed by atoms with Crippen molar-refractivity contribution < 1.29 is 4.39 Å². The number of hydrogen-bond donors (Lipinski definition) is 1. The average molecular weight is 416 g/mol. The van der Waals surface area contributed by atoms with Crippen molar-refractivity contribution in [2.24, 2.45) is 0 Å². The second-order valence-electron chi connectivity index (χ2n) is 7.56. The number of nitriles is 1. The molecule has 154 valence electrons. The predicted molar refractivity (Wildman–Crippen MR) is 108 cm³/mol. The molecule has 5 rings (SSSR count). The van der Waals surface area contributed by atoms with Crippen molar-refractivity contribution in [3.8, 4) is 6.07 Å². The van der Waals surface area contributed by atoms with Gasteiger partial charge in [-0.2, -0.15) is 10.4 Å². The highest BCUT2D eigenvalue weighted by molar-refractivity contribution is 5.80. The van der Waals surface area contributed by atoms with Crippen LogP contribution in [0.1, 0.15) is 60.5 Å². The molecule has 0 spiro atoms. The van der Waals surface area contributed by atoms with E-state index in [1.165, 1.54) is 16.9 Å². The zero-order chi connectivity index (χ0) is 21.5. The van der Waals surface area contributed by atoms with Gasteiger partial charge in [-0.3, -0.25) is 9.78 Å². The number of pyridine rings is 1. The van der Waals surface area contributed by atoms with Crippen molar-refractivity contribution in [3.63, 3.8) is 0 Å². The molecule has 31 heavy (non-hydrogen) atoms. The van der Waals surface area contributed by atoms with E-state index in [1.54, 1.807) is 25.4 Å². The summed E-state index contributed by atoms with van der Waals surface area (Å²) in [6.45, 7) is 1.79. The minimum Gasteiger partial charge on any atom is -0.310 e. The van der Waals surface area contributed by atoms with Crippen LogP contribution in [0.5, 0.6) is 0 Å². The molecule has 4 heterocycles. The van der Waals surface area contributed by atoms with Gasteiger partial charge in [0.1, 0.15) is 28.9 Å². The van der Waals surface area contributed by atoms with E-state index in [-0.39, 0.29) is 28.6 Å². The Morgan fingerprint density at radius 2 is 2.03 bits per heavy atom. The van der Waals surface area contributed by atoms with Gasteiger partial charge in [0, 0.05) is 30.4 Å². The lowest BCUT2D eigenvalue weighted by molar-refractivity contribution is 0.319. The van der Waals surface area contributed by atoms with E-state index in [0.717, 1.165) is 19.0 Å². The van der Waals surface area contributed by atoms with Crippen LogP contribution in [0, 0.1) is 17.1 Å². The van der Waals surface area contributed by atoms with E-state index in [2.05, 4.69) is 25.0 Å². The Kier molecular flexibility index (Phi) is 4.51. The lowest BCUT2D eigenvalue weighted by Crippen LogP contribution is -2.28. The quantitative estimate of drug-likeness (QED) is 0.542. The summed E-state index contributed by atoms with van der Waals surface area (Å²) in [5.74, 6) is 0.759. The van der Waals surface area contributed by atoms with Crippen LogP contribution in [0.3, 0.4) is 0 Å². The topological polar surface area (TPSA) is 126 Å². The number of halogens is 1. The maximum absolute atomic E-state index is 13.7. The summed E-state index contributed by atoms with van der Waals surface area (Å²) in [7, 11) is 0. The first-order valence-electron chi connectivity index (χ1n) is 9.86. The summed E-state index contributed by atoms with van der Waals surface area (Å²) in [5.41, 5.74) is 0.387. The largest absolute Gasteiger partial charge is 0.310 e. The third-order valence-electron chi connectivity index (χ3n) is 5.80. The van der Waals surface area contributed by atoms with Crippen molar-refractivity contribution in [1.29, 1.82) is 5.26 Å². The fourth-order valence-electron chi connectivity index (χ4n) is 4.02. The van der Waals surface area contributed by atoms with Gasteiger partial charge in [-0.15, -0.1) is 0 Å². The molecule has 0 aliphatic heterocycles. The Labute approximate surface area is 175 Å². The standard InChI is InChI=1S/C21H17FN8O/c1-11(12-7-13(22)10-24-9-12)30-20-17(16(8-23)29-30)21(31)28-19(27-20)15-4-3-14(15)18-25-5-2-6-26-18/h2,5-7,9-11,14-15H,3-4H2,1H3,(H,27,28,31). The van der Waals surface area contributed by atoms with Gasteiger partial charge in [0.15, 0.2) is 11.3 Å². The second-order valence-corrected chi connectivity index (χ2v) is 7.56. The van der Waals surface area contributed by atoms with E-state index in [4.69, 9.17) is 4.98 Å². The summed E-state index contributed by atoms with van der Waals surface area (Å²) >= 11 is 0. The first-order valence-corrected chi connectivity index (χ1v) is 9.86. The molecule has 4 aromatic heterocycles. The zero-order valence-electron chi connectivity index (χ0n) is 16.5. The van der Waals surface area contributed by atoms with Gasteiger partial charge in [0.2, 0.25) is 0 Å². The van der Waals surface area contributed by atoms with Crippen molar-refractivity contribution >= 4 is 11.0 Å². The first kappa shape index (κ1) is 19.0. The number of aromatic amines is 1. The minimum atomic E-state index is -0.482. The highest BCUT2D eigenvalue weighted by Crippen LogP contribution is 2.46. The fourth-order valence-corrected chi connectivity index (χ4v) is 4.02. The van der Waals surface area contributed by atoms with E-state index in [9.17, 15) is 14.4 Å². The molecule has 4 aromatic rings. The van der Waals surface area contributed by atoms with Crippen molar-refractivity contribution in [2.45, 2.75) is 37.6 Å². The molecule has 0 aromatic carbocycles. The number of rotatable bonds is 4. The van der Waals surface area contributed by atoms with E-state index >= 15 is 0 Å². The SMILES string of the molecule is CC(c1cncc(F)c1)n1nc(C#N)c2c(=O)[nH]c(C3CCC3c3ncccn3)nc21. The average Bonchev–Trinajstić information content (AvgIpc) is 3.12. The Balaban J connectivity index is 1.62.